The first kappa shape index (κ1) is 10.9. The van der Waals surface area contributed by atoms with E-state index in [0.29, 0.717) is 13.4 Å². The number of nitrogens with two attached hydrogens (primary N) is 1. The summed E-state index contributed by atoms with van der Waals surface area (Å²) in [4.78, 5) is 0. The van der Waals surface area contributed by atoms with Crippen LogP contribution in [0.3, 0.4) is 0 Å². The number of aryl methyl sites for hydroxylation is 2. The van der Waals surface area contributed by atoms with E-state index in [-0.39, 0.29) is 0 Å². The van der Waals surface area contributed by atoms with Gasteiger partial charge in [-0.1, -0.05) is 0 Å². The highest BCUT2D eigenvalue weighted by Gasteiger charge is 2.04. The van der Waals surface area contributed by atoms with Gasteiger partial charge < -0.3 is 15.2 Å². The Balaban J connectivity index is 2.75. The first-order valence-electron chi connectivity index (χ1n) is 4.72. The second-order valence-corrected chi connectivity index (χ2v) is 3.24. The lowest BCUT2D eigenvalue weighted by Crippen LogP contribution is -2.05. The smallest absolute Gasteiger partial charge is 0.189 e. The topological polar surface area (TPSA) is 44.5 Å². The van der Waals surface area contributed by atoms with Crippen LogP contribution < -0.4 is 10.5 Å². The monoisotopic (exact) mass is 195 g/mol. The SMILES string of the molecule is CCOCOc1c(C)cc(N)cc1C. The summed E-state index contributed by atoms with van der Waals surface area (Å²) < 4.78 is 10.6. The van der Waals surface area contributed by atoms with E-state index in [9.17, 15) is 0 Å². The van der Waals surface area contributed by atoms with Crippen LogP contribution in [-0.4, -0.2) is 13.4 Å². The Hall–Kier alpha value is -1.22. The molecule has 0 spiro atoms. The maximum absolute atomic E-state index is 5.70. The fraction of sp³-hybridized carbons (Fsp3) is 0.455. The van der Waals surface area contributed by atoms with Crippen molar-refractivity contribution in [2.75, 3.05) is 19.1 Å². The van der Waals surface area contributed by atoms with Gasteiger partial charge in [0.2, 0.25) is 0 Å². The summed E-state index contributed by atoms with van der Waals surface area (Å²) in [6.07, 6.45) is 0. The number of benzene rings is 1. The number of ether oxygens (including phenoxy) is 2. The molecule has 0 saturated carbocycles. The molecule has 0 aliphatic rings. The van der Waals surface area contributed by atoms with Crippen LogP contribution >= 0.6 is 0 Å². The zero-order chi connectivity index (χ0) is 10.6. The van der Waals surface area contributed by atoms with Crippen molar-refractivity contribution in [1.29, 1.82) is 0 Å². The zero-order valence-corrected chi connectivity index (χ0v) is 8.96. The Labute approximate surface area is 84.8 Å². The molecule has 3 heteroatoms. The third-order valence-electron chi connectivity index (χ3n) is 1.97. The Bertz CT molecular complexity index is 287. The Morgan fingerprint density at radius 1 is 1.21 bits per heavy atom. The minimum absolute atomic E-state index is 0.294. The van der Waals surface area contributed by atoms with Crippen molar-refractivity contribution in [2.45, 2.75) is 20.8 Å². The van der Waals surface area contributed by atoms with Crippen LogP contribution in [0.1, 0.15) is 18.1 Å². The lowest BCUT2D eigenvalue weighted by atomic mass is 10.1. The zero-order valence-electron chi connectivity index (χ0n) is 8.96. The molecule has 0 unspecified atom stereocenters. The Morgan fingerprint density at radius 2 is 1.79 bits per heavy atom. The fourth-order valence-electron chi connectivity index (χ4n) is 1.40. The van der Waals surface area contributed by atoms with Gasteiger partial charge in [0.25, 0.3) is 0 Å². The van der Waals surface area contributed by atoms with Gasteiger partial charge in [0.15, 0.2) is 6.79 Å². The standard InChI is InChI=1S/C11H17NO2/c1-4-13-7-14-11-8(2)5-10(12)6-9(11)3/h5-6H,4,7,12H2,1-3H3. The molecule has 1 aromatic carbocycles. The van der Waals surface area contributed by atoms with Gasteiger partial charge in [-0.25, -0.2) is 0 Å². The highest BCUT2D eigenvalue weighted by molar-refractivity contribution is 5.52. The van der Waals surface area contributed by atoms with Crippen molar-refractivity contribution in [1.82, 2.24) is 0 Å². The van der Waals surface area contributed by atoms with E-state index in [4.69, 9.17) is 15.2 Å². The summed E-state index contributed by atoms with van der Waals surface area (Å²) >= 11 is 0. The highest BCUT2D eigenvalue weighted by Crippen LogP contribution is 2.25. The van der Waals surface area contributed by atoms with Crippen molar-refractivity contribution in [3.05, 3.63) is 23.3 Å². The molecule has 0 saturated heterocycles. The summed E-state index contributed by atoms with van der Waals surface area (Å²) in [5.41, 5.74) is 8.55. The summed E-state index contributed by atoms with van der Waals surface area (Å²) in [6.45, 7) is 6.84. The van der Waals surface area contributed by atoms with Crippen molar-refractivity contribution >= 4 is 5.69 Å². The number of hydrogen-bond donors (Lipinski definition) is 1. The lowest BCUT2D eigenvalue weighted by molar-refractivity contribution is 0.0216. The minimum Gasteiger partial charge on any atom is -0.467 e. The molecule has 0 amide bonds. The second-order valence-electron chi connectivity index (χ2n) is 3.24. The van der Waals surface area contributed by atoms with E-state index in [1.54, 1.807) is 0 Å². The second kappa shape index (κ2) is 4.86. The summed E-state index contributed by atoms with van der Waals surface area (Å²) in [6, 6.07) is 3.79. The molecule has 78 valence electrons. The van der Waals surface area contributed by atoms with Crippen molar-refractivity contribution < 1.29 is 9.47 Å². The van der Waals surface area contributed by atoms with Gasteiger partial charge in [0, 0.05) is 12.3 Å². The largest absolute Gasteiger partial charge is 0.467 e. The Morgan fingerprint density at radius 3 is 2.29 bits per heavy atom. The molecule has 1 aromatic rings. The molecule has 0 heterocycles. The summed E-state index contributed by atoms with van der Waals surface area (Å²) in [5.74, 6) is 0.868. The molecule has 0 radical (unpaired) electrons. The van der Waals surface area contributed by atoms with E-state index in [2.05, 4.69) is 0 Å². The molecule has 3 nitrogen and oxygen atoms in total. The number of rotatable bonds is 4. The molecule has 0 aromatic heterocycles. The average Bonchev–Trinajstić information content (AvgIpc) is 2.09. The third-order valence-corrected chi connectivity index (χ3v) is 1.97. The molecule has 0 bridgehead atoms. The molecule has 0 aliphatic carbocycles. The van der Waals surface area contributed by atoms with Crippen LogP contribution in [0.25, 0.3) is 0 Å². The van der Waals surface area contributed by atoms with E-state index in [1.165, 1.54) is 0 Å². The highest BCUT2D eigenvalue weighted by atomic mass is 16.7. The van der Waals surface area contributed by atoms with Crippen molar-refractivity contribution in [3.8, 4) is 5.75 Å². The number of anilines is 1. The molecule has 1 rings (SSSR count). The number of hydrogen-bond acceptors (Lipinski definition) is 3. The van der Waals surface area contributed by atoms with E-state index in [0.717, 1.165) is 22.6 Å². The molecule has 0 aliphatic heterocycles. The lowest BCUT2D eigenvalue weighted by Gasteiger charge is -2.12. The van der Waals surface area contributed by atoms with Gasteiger partial charge in [0.1, 0.15) is 5.75 Å². The van der Waals surface area contributed by atoms with Crippen LogP contribution in [0.2, 0.25) is 0 Å². The molecule has 0 atom stereocenters. The number of nitrogen functional groups attached to an aromatic ring is 1. The maximum Gasteiger partial charge on any atom is 0.189 e. The van der Waals surface area contributed by atoms with Crippen LogP contribution in [-0.2, 0) is 4.74 Å². The van der Waals surface area contributed by atoms with Gasteiger partial charge in [0.05, 0.1) is 0 Å². The minimum atomic E-state index is 0.294. The van der Waals surface area contributed by atoms with Gasteiger partial charge in [-0.05, 0) is 44.0 Å². The first-order chi connectivity index (χ1) is 6.65. The fourth-order valence-corrected chi connectivity index (χ4v) is 1.40. The average molecular weight is 195 g/mol. The van der Waals surface area contributed by atoms with Gasteiger partial charge in [-0.15, -0.1) is 0 Å². The predicted molar refractivity (Wildman–Crippen MR) is 57.4 cm³/mol. The van der Waals surface area contributed by atoms with Crippen molar-refractivity contribution in [3.63, 3.8) is 0 Å². The summed E-state index contributed by atoms with van der Waals surface area (Å²) in [5, 5.41) is 0. The Kier molecular flexibility index (Phi) is 3.77. The molecule has 2 N–H and O–H groups in total. The van der Waals surface area contributed by atoms with Crippen LogP contribution in [0.4, 0.5) is 5.69 Å². The van der Waals surface area contributed by atoms with Crippen molar-refractivity contribution in [2.24, 2.45) is 0 Å². The van der Waals surface area contributed by atoms with E-state index in [1.807, 2.05) is 32.9 Å². The first-order valence-corrected chi connectivity index (χ1v) is 4.72. The maximum atomic E-state index is 5.70. The normalized spacial score (nSPS) is 10.2. The summed E-state index contributed by atoms with van der Waals surface area (Å²) in [7, 11) is 0. The molecule has 0 fully saturated rings. The third kappa shape index (κ3) is 2.64. The molecular weight excluding hydrogens is 178 g/mol. The van der Waals surface area contributed by atoms with Gasteiger partial charge in [-0.2, -0.15) is 0 Å². The van der Waals surface area contributed by atoms with Crippen LogP contribution in [0.15, 0.2) is 12.1 Å². The van der Waals surface area contributed by atoms with E-state index < -0.39 is 0 Å². The van der Waals surface area contributed by atoms with Crippen LogP contribution in [0, 0.1) is 13.8 Å². The van der Waals surface area contributed by atoms with Gasteiger partial charge in [-0.3, -0.25) is 0 Å². The van der Waals surface area contributed by atoms with E-state index >= 15 is 0 Å². The van der Waals surface area contributed by atoms with Crippen LogP contribution in [0.5, 0.6) is 5.75 Å². The quantitative estimate of drug-likeness (QED) is 0.455. The molecule has 14 heavy (non-hydrogen) atoms. The molecular formula is C11H17NO2. The van der Waals surface area contributed by atoms with Gasteiger partial charge >= 0.3 is 0 Å². The predicted octanol–water partition coefficient (Wildman–Crippen LogP) is 2.26.